The van der Waals surface area contributed by atoms with Crippen LogP contribution in [0.1, 0.15) is 5.56 Å². The number of rotatable bonds is 6. The van der Waals surface area contributed by atoms with Gasteiger partial charge in [-0.1, -0.05) is 30.3 Å². The molecule has 2 aromatic rings. The van der Waals surface area contributed by atoms with E-state index in [0.29, 0.717) is 12.4 Å². The normalized spacial score (nSPS) is 10.2. The number of aromatic nitrogens is 1. The molecule has 0 amide bonds. The number of nitrogens with zero attached hydrogens (tertiary/aromatic N) is 2. The van der Waals surface area contributed by atoms with Crippen LogP contribution in [0.15, 0.2) is 48.7 Å². The monoisotopic (exact) mass is 257 g/mol. The number of benzene rings is 1. The molecule has 1 aromatic carbocycles. The van der Waals surface area contributed by atoms with Crippen molar-refractivity contribution in [1.29, 1.82) is 0 Å². The molecular formula is C15H19N3O. The van der Waals surface area contributed by atoms with E-state index >= 15 is 0 Å². The fraction of sp³-hybridized carbons (Fsp3) is 0.267. The molecule has 19 heavy (non-hydrogen) atoms. The van der Waals surface area contributed by atoms with Gasteiger partial charge in [-0.15, -0.1) is 0 Å². The van der Waals surface area contributed by atoms with Crippen molar-refractivity contribution in [2.45, 2.75) is 6.54 Å². The van der Waals surface area contributed by atoms with Gasteiger partial charge < -0.3 is 15.4 Å². The number of anilines is 1. The molecular weight excluding hydrogens is 238 g/mol. The summed E-state index contributed by atoms with van der Waals surface area (Å²) in [6, 6.07) is 14.2. The van der Waals surface area contributed by atoms with Gasteiger partial charge in [0.05, 0.1) is 7.11 Å². The zero-order valence-corrected chi connectivity index (χ0v) is 11.1. The standard InChI is InChI=1S/C15H19N3O/c1-19-15-11-14(7-9-17-15)18(10-8-16)12-13-5-3-2-4-6-13/h2-7,9,11H,8,10,12,16H2,1H3. The molecule has 0 atom stereocenters. The topological polar surface area (TPSA) is 51.4 Å². The highest BCUT2D eigenvalue weighted by Crippen LogP contribution is 2.20. The molecule has 0 aliphatic heterocycles. The van der Waals surface area contributed by atoms with Crippen molar-refractivity contribution in [3.63, 3.8) is 0 Å². The molecule has 0 radical (unpaired) electrons. The molecule has 0 saturated carbocycles. The first kappa shape index (κ1) is 13.4. The SMILES string of the molecule is COc1cc(N(CCN)Cc2ccccc2)ccn1. The molecule has 1 heterocycles. The number of methoxy groups -OCH3 is 1. The first-order valence-corrected chi connectivity index (χ1v) is 6.32. The maximum Gasteiger partial charge on any atom is 0.214 e. The van der Waals surface area contributed by atoms with Gasteiger partial charge in [0.25, 0.3) is 0 Å². The zero-order chi connectivity index (χ0) is 13.5. The average Bonchev–Trinajstić information content (AvgIpc) is 2.48. The summed E-state index contributed by atoms with van der Waals surface area (Å²) in [4.78, 5) is 6.35. The van der Waals surface area contributed by atoms with Crippen LogP contribution in [-0.4, -0.2) is 25.2 Å². The van der Waals surface area contributed by atoms with E-state index in [9.17, 15) is 0 Å². The molecule has 2 rings (SSSR count). The van der Waals surface area contributed by atoms with E-state index in [0.717, 1.165) is 18.8 Å². The Balaban J connectivity index is 2.19. The Bertz CT molecular complexity index is 502. The molecule has 0 fully saturated rings. The molecule has 0 saturated heterocycles. The second-order valence-corrected chi connectivity index (χ2v) is 4.25. The van der Waals surface area contributed by atoms with E-state index < -0.39 is 0 Å². The third-order valence-electron chi connectivity index (χ3n) is 2.91. The molecule has 0 aliphatic rings. The molecule has 4 heteroatoms. The molecule has 1 aromatic heterocycles. The maximum atomic E-state index is 5.70. The van der Waals surface area contributed by atoms with E-state index in [-0.39, 0.29) is 0 Å². The number of pyridine rings is 1. The van der Waals surface area contributed by atoms with Crippen LogP contribution in [0, 0.1) is 0 Å². The highest BCUT2D eigenvalue weighted by atomic mass is 16.5. The molecule has 2 N–H and O–H groups in total. The van der Waals surface area contributed by atoms with Crippen LogP contribution in [0.3, 0.4) is 0 Å². The second kappa shape index (κ2) is 6.75. The zero-order valence-electron chi connectivity index (χ0n) is 11.1. The molecule has 100 valence electrons. The first-order chi connectivity index (χ1) is 9.33. The number of hydrogen-bond donors (Lipinski definition) is 1. The Morgan fingerprint density at radius 1 is 1.21 bits per heavy atom. The number of hydrogen-bond acceptors (Lipinski definition) is 4. The van der Waals surface area contributed by atoms with Gasteiger partial charge in [-0.25, -0.2) is 4.98 Å². The van der Waals surface area contributed by atoms with Gasteiger partial charge in [-0.2, -0.15) is 0 Å². The summed E-state index contributed by atoms with van der Waals surface area (Å²) in [5.74, 6) is 0.618. The van der Waals surface area contributed by atoms with Gasteiger partial charge in [0.1, 0.15) is 0 Å². The van der Waals surface area contributed by atoms with Crippen LogP contribution in [0.2, 0.25) is 0 Å². The Kier molecular flexibility index (Phi) is 4.75. The Morgan fingerprint density at radius 3 is 2.68 bits per heavy atom. The molecule has 0 spiro atoms. The van der Waals surface area contributed by atoms with E-state index in [4.69, 9.17) is 10.5 Å². The van der Waals surface area contributed by atoms with E-state index in [1.165, 1.54) is 5.56 Å². The van der Waals surface area contributed by atoms with E-state index in [2.05, 4.69) is 22.0 Å². The van der Waals surface area contributed by atoms with Crippen LogP contribution in [-0.2, 0) is 6.54 Å². The van der Waals surface area contributed by atoms with Gasteiger partial charge in [-0.05, 0) is 11.6 Å². The van der Waals surface area contributed by atoms with E-state index in [1.54, 1.807) is 13.3 Å². The molecule has 0 bridgehead atoms. The summed E-state index contributed by atoms with van der Waals surface area (Å²) in [6.45, 7) is 2.23. The maximum absolute atomic E-state index is 5.70. The van der Waals surface area contributed by atoms with Crippen molar-refractivity contribution in [2.24, 2.45) is 5.73 Å². The van der Waals surface area contributed by atoms with Gasteiger partial charge in [0.15, 0.2) is 0 Å². The summed E-state index contributed by atoms with van der Waals surface area (Å²) in [5, 5.41) is 0. The minimum Gasteiger partial charge on any atom is -0.481 e. The summed E-state index contributed by atoms with van der Waals surface area (Å²) in [5.41, 5.74) is 8.03. The van der Waals surface area contributed by atoms with Crippen molar-refractivity contribution in [1.82, 2.24) is 4.98 Å². The minimum atomic E-state index is 0.609. The van der Waals surface area contributed by atoms with Crippen LogP contribution in [0.4, 0.5) is 5.69 Å². The van der Waals surface area contributed by atoms with Gasteiger partial charge in [0, 0.05) is 37.6 Å². The van der Waals surface area contributed by atoms with Crippen LogP contribution in [0.25, 0.3) is 0 Å². The lowest BCUT2D eigenvalue weighted by atomic mass is 10.2. The Morgan fingerprint density at radius 2 is 2.00 bits per heavy atom. The third kappa shape index (κ3) is 3.69. The highest BCUT2D eigenvalue weighted by molar-refractivity contribution is 5.48. The number of ether oxygens (including phenoxy) is 1. The van der Waals surface area contributed by atoms with Gasteiger partial charge >= 0.3 is 0 Å². The lowest BCUT2D eigenvalue weighted by molar-refractivity contribution is 0.398. The minimum absolute atomic E-state index is 0.609. The third-order valence-corrected chi connectivity index (χ3v) is 2.91. The van der Waals surface area contributed by atoms with E-state index in [1.807, 2.05) is 30.3 Å². The summed E-state index contributed by atoms with van der Waals surface area (Å²) < 4.78 is 5.16. The van der Waals surface area contributed by atoms with Crippen molar-refractivity contribution >= 4 is 5.69 Å². The van der Waals surface area contributed by atoms with Crippen molar-refractivity contribution in [3.8, 4) is 5.88 Å². The predicted molar refractivity (Wildman–Crippen MR) is 77.3 cm³/mol. The first-order valence-electron chi connectivity index (χ1n) is 6.32. The van der Waals surface area contributed by atoms with Crippen molar-refractivity contribution in [2.75, 3.05) is 25.1 Å². The average molecular weight is 257 g/mol. The molecule has 0 unspecified atom stereocenters. The summed E-state index contributed by atoms with van der Waals surface area (Å²) in [7, 11) is 1.62. The quantitative estimate of drug-likeness (QED) is 0.860. The molecule has 0 aliphatic carbocycles. The van der Waals surface area contributed by atoms with Crippen molar-refractivity contribution < 1.29 is 4.74 Å². The fourth-order valence-corrected chi connectivity index (χ4v) is 1.97. The summed E-state index contributed by atoms with van der Waals surface area (Å²) >= 11 is 0. The van der Waals surface area contributed by atoms with Crippen LogP contribution >= 0.6 is 0 Å². The van der Waals surface area contributed by atoms with Crippen LogP contribution < -0.4 is 15.4 Å². The highest BCUT2D eigenvalue weighted by Gasteiger charge is 2.08. The fourth-order valence-electron chi connectivity index (χ4n) is 1.97. The lowest BCUT2D eigenvalue weighted by Crippen LogP contribution is -2.28. The number of nitrogens with two attached hydrogens (primary N) is 1. The lowest BCUT2D eigenvalue weighted by Gasteiger charge is -2.24. The van der Waals surface area contributed by atoms with Crippen LogP contribution in [0.5, 0.6) is 5.88 Å². The Hall–Kier alpha value is -2.07. The predicted octanol–water partition coefficient (Wildman–Crippen LogP) is 2.06. The largest absolute Gasteiger partial charge is 0.481 e. The summed E-state index contributed by atoms with van der Waals surface area (Å²) in [6.07, 6.45) is 1.75. The van der Waals surface area contributed by atoms with Gasteiger partial charge in [0.2, 0.25) is 5.88 Å². The van der Waals surface area contributed by atoms with Crippen molar-refractivity contribution in [3.05, 3.63) is 54.2 Å². The second-order valence-electron chi connectivity index (χ2n) is 4.25. The smallest absolute Gasteiger partial charge is 0.214 e. The molecule has 4 nitrogen and oxygen atoms in total. The Labute approximate surface area is 113 Å². The van der Waals surface area contributed by atoms with Gasteiger partial charge in [-0.3, -0.25) is 0 Å².